The average molecular weight is 1300 g/mol. The van der Waals surface area contributed by atoms with Crippen molar-refractivity contribution in [2.24, 2.45) is 10.6 Å². The van der Waals surface area contributed by atoms with Gasteiger partial charge in [-0.3, -0.25) is 47.1 Å². The van der Waals surface area contributed by atoms with Gasteiger partial charge < -0.3 is 76.4 Å². The number of oxime groups is 1. The summed E-state index contributed by atoms with van der Waals surface area (Å²) >= 11 is 2.97. The maximum atomic E-state index is 13.7. The van der Waals surface area contributed by atoms with Crippen molar-refractivity contribution in [2.45, 2.75) is 88.3 Å². The van der Waals surface area contributed by atoms with Gasteiger partial charge in [-0.15, -0.1) is 23.1 Å². The van der Waals surface area contributed by atoms with Crippen LogP contribution in [0.2, 0.25) is 0 Å². The Morgan fingerprint density at radius 2 is 1.75 bits per heavy atom. The first-order valence-electron chi connectivity index (χ1n) is 24.4. The molecule has 2 saturated heterocycles. The number of hydrogen-bond donors (Lipinski definition) is 11. The van der Waals surface area contributed by atoms with Crippen molar-refractivity contribution < 1.29 is 109 Å². The normalized spacial score (nSPS) is 22.1. The number of carboxylic acid groups (broad SMARTS) is 1. The monoisotopic (exact) mass is 1300 g/mol. The summed E-state index contributed by atoms with van der Waals surface area (Å²) in [6.07, 6.45) is -3.98. The summed E-state index contributed by atoms with van der Waals surface area (Å²) in [5.41, 5.74) is 8.05. The number of imidazole rings is 1. The summed E-state index contributed by atoms with van der Waals surface area (Å²) in [7, 11) is -16.9. The molecule has 4 amide bonds. The number of thiazole rings is 1. The number of anilines is 2. The number of carbonyl (C=O) groups is 6. The fourth-order valence-electron chi connectivity index (χ4n) is 8.01. The number of nitrogen functional groups attached to an aromatic ring is 2. The Hall–Kier alpha value is -5.89. The molecule has 41 heteroatoms. The number of carbonyl (C=O) groups excluding carboxylic acids is 5. The van der Waals surface area contributed by atoms with Crippen LogP contribution in [0.5, 0.6) is 0 Å². The van der Waals surface area contributed by atoms with Crippen LogP contribution in [0.15, 0.2) is 65.1 Å². The third-order valence-electron chi connectivity index (χ3n) is 12.3. The van der Waals surface area contributed by atoms with E-state index in [0.29, 0.717) is 5.57 Å². The van der Waals surface area contributed by atoms with E-state index in [9.17, 15) is 77.4 Å². The first-order chi connectivity index (χ1) is 39.3. The van der Waals surface area contributed by atoms with Gasteiger partial charge >= 0.3 is 21.6 Å². The number of thioether (sulfide) groups is 2. The SMILES string of the molecule is CC(C)(O/N=C(\C(=O)N[C@@H]1C(=O)N2C(C(=O)O)=C(C[n+]3ccccc3)CS[C@H]12)c1csc(N)n1)C(=O)SCCNC(=O)CCNC(=O)C(O)C(C)(C)COP(=O)([O-])OP(=O)(O)OCC1OC(n2cnc3c(N)ncnc32)C(O)C1OP(=O)(O)O. The lowest BCUT2D eigenvalue weighted by Crippen LogP contribution is -2.71. The molecule has 0 aromatic carbocycles. The second kappa shape index (κ2) is 26.8. The maximum absolute atomic E-state index is 13.7. The van der Waals surface area contributed by atoms with E-state index >= 15 is 0 Å². The molecule has 4 aromatic rings. The number of aliphatic hydroxyl groups is 2. The van der Waals surface area contributed by atoms with E-state index in [-0.39, 0.29) is 71.1 Å². The summed E-state index contributed by atoms with van der Waals surface area (Å²) in [5.74, 6) is -4.41. The van der Waals surface area contributed by atoms with Crippen molar-refractivity contribution in [3.8, 4) is 0 Å². The number of aliphatic hydroxyl groups excluding tert-OH is 2. The smallest absolute Gasteiger partial charge is 0.478 e. The Bertz CT molecular complexity index is 3370. The van der Waals surface area contributed by atoms with Crippen LogP contribution in [0, 0.1) is 5.41 Å². The summed E-state index contributed by atoms with van der Waals surface area (Å²) in [4.78, 5) is 143. The number of nitrogens with zero attached hydrogens (tertiary/aromatic N) is 8. The van der Waals surface area contributed by atoms with Gasteiger partial charge in [0, 0.05) is 59.5 Å². The van der Waals surface area contributed by atoms with Crippen molar-refractivity contribution in [3.63, 3.8) is 0 Å². The van der Waals surface area contributed by atoms with E-state index in [1.54, 1.807) is 35.2 Å². The standard InChI is InChI=1S/C43H56N13O22P3S3/c1-42(2,18-74-81(71,72)78-80(69,70)73-15-23-30(76-79(66,67)68)29(58)37(75-23)55-20-50-26-32(44)48-19-49-33(26)55)31(59)35(61)47-9-8-24(57)46-10-13-82-40(65)43(3,4)77-53-25(22-17-84-41(45)51-22)34(60)52-27-36(62)56-28(39(63)64)21(16-83-38(27)56)14-54-11-6-5-7-12-54/h5-7,11-12,17,19-20,23,27,29-31,37-38,58-59H,8-10,13-16,18H2,1-4H3,(H11-,44,45,46,47,48,49,51,52,57,60,61,63,64,66,67,68,69,70,71,72)/b53-25-/t23?,27-,29?,30?,31?,37?,38-/m1/s1. The highest BCUT2D eigenvalue weighted by Crippen LogP contribution is 2.59. The number of carboxylic acids is 1. The second-order valence-electron chi connectivity index (χ2n) is 19.5. The Morgan fingerprint density at radius 3 is 2.42 bits per heavy atom. The largest absolute Gasteiger partial charge is 0.756 e. The van der Waals surface area contributed by atoms with Gasteiger partial charge in [0.2, 0.25) is 16.9 Å². The van der Waals surface area contributed by atoms with Crippen LogP contribution in [0.1, 0.15) is 46.0 Å². The highest BCUT2D eigenvalue weighted by Gasteiger charge is 2.55. The number of aromatic nitrogens is 6. The van der Waals surface area contributed by atoms with E-state index in [2.05, 4.69) is 54.4 Å². The zero-order chi connectivity index (χ0) is 61.7. The molecule has 84 heavy (non-hydrogen) atoms. The lowest BCUT2D eigenvalue weighted by molar-refractivity contribution is -0.689. The van der Waals surface area contributed by atoms with E-state index in [0.717, 1.165) is 45.2 Å². The third kappa shape index (κ3) is 16.3. The third-order valence-corrected chi connectivity index (χ3v) is 18.5. The molecule has 0 radical (unpaired) electrons. The minimum Gasteiger partial charge on any atom is -0.756 e. The van der Waals surface area contributed by atoms with Gasteiger partial charge in [-0.25, -0.2) is 42.7 Å². The lowest BCUT2D eigenvalue weighted by atomic mass is 9.87. The Balaban J connectivity index is 0.823. The van der Waals surface area contributed by atoms with Gasteiger partial charge in [-0.1, -0.05) is 36.8 Å². The quantitative estimate of drug-likeness (QED) is 0.00731. The fourth-order valence-corrected chi connectivity index (χ4v) is 13.5. The van der Waals surface area contributed by atoms with Crippen LogP contribution in [-0.2, 0) is 76.5 Å². The summed E-state index contributed by atoms with van der Waals surface area (Å²) in [5, 5.41) is 43.3. The number of rotatable bonds is 28. The van der Waals surface area contributed by atoms with Crippen molar-refractivity contribution in [2.75, 3.05) is 49.3 Å². The summed E-state index contributed by atoms with van der Waals surface area (Å²) < 4.78 is 64.0. The molecule has 3 aliphatic rings. The molecule has 9 atom stereocenters. The molecule has 35 nitrogen and oxygen atoms in total. The fraction of sp³-hybridized carbons (Fsp3) is 0.488. The molecule has 7 rings (SSSR count). The second-order valence-corrected chi connectivity index (χ2v) is 26.7. The van der Waals surface area contributed by atoms with Crippen molar-refractivity contribution in [1.29, 1.82) is 0 Å². The minimum absolute atomic E-state index is 0.00540. The maximum Gasteiger partial charge on any atom is 0.478 e. The van der Waals surface area contributed by atoms with Crippen LogP contribution in [0.3, 0.4) is 0 Å². The molecule has 3 aliphatic heterocycles. The molecule has 4 aromatic heterocycles. The highest BCUT2D eigenvalue weighted by atomic mass is 32.2. The van der Waals surface area contributed by atoms with Gasteiger partial charge in [-0.05, 0) is 13.8 Å². The van der Waals surface area contributed by atoms with Gasteiger partial charge in [0.1, 0.15) is 59.1 Å². The number of amides is 4. The molecular formula is C43H56N13O22P3S3. The molecule has 2 fully saturated rings. The van der Waals surface area contributed by atoms with E-state index in [4.69, 9.17) is 25.6 Å². The number of ether oxygens (including phenoxy) is 1. The molecular weight excluding hydrogens is 1240 g/mol. The number of aliphatic carboxylic acids is 1. The van der Waals surface area contributed by atoms with Crippen LogP contribution in [0.25, 0.3) is 11.2 Å². The number of phosphoric acid groups is 3. The van der Waals surface area contributed by atoms with Gasteiger partial charge in [0.05, 0.1) is 19.5 Å². The number of nitrogens with two attached hydrogens (primary N) is 2. The van der Waals surface area contributed by atoms with E-state index in [1.807, 2.05) is 0 Å². The topological polar surface area (TPSA) is 518 Å². The Morgan fingerprint density at radius 1 is 1.04 bits per heavy atom. The molecule has 458 valence electrons. The molecule has 0 saturated carbocycles. The average Bonchev–Trinajstić information content (AvgIpc) is 1.00. The van der Waals surface area contributed by atoms with Crippen molar-refractivity contribution >= 4 is 121 Å². The zero-order valence-electron chi connectivity index (χ0n) is 44.3. The number of nitrogens with one attached hydrogen (secondary N) is 3. The highest BCUT2D eigenvalue weighted by molar-refractivity contribution is 8.13. The van der Waals surface area contributed by atoms with Crippen LogP contribution < -0.4 is 36.9 Å². The predicted molar refractivity (Wildman–Crippen MR) is 289 cm³/mol. The van der Waals surface area contributed by atoms with E-state index < -0.39 is 130 Å². The van der Waals surface area contributed by atoms with Gasteiger partial charge in [-0.2, -0.15) is 0 Å². The molecule has 13 N–H and O–H groups in total. The Kier molecular flexibility index (Phi) is 20.9. The summed E-state index contributed by atoms with van der Waals surface area (Å²) in [6, 6.07) is 4.21. The van der Waals surface area contributed by atoms with Crippen LogP contribution >= 0.6 is 58.3 Å². The van der Waals surface area contributed by atoms with Crippen LogP contribution in [-0.4, -0.2) is 179 Å². The number of pyridine rings is 1. The number of phosphoric ester groups is 3. The minimum atomic E-state index is -5.84. The number of fused-ring (bicyclic) bond motifs is 2. The number of β-lactam (4-membered cyclic amide) rings is 1. The molecule has 0 bridgehead atoms. The molecule has 7 unspecified atom stereocenters. The first-order valence-corrected chi connectivity index (χ1v) is 31.8. The first kappa shape index (κ1) is 65.6. The summed E-state index contributed by atoms with van der Waals surface area (Å²) in [6.45, 7) is 2.65. The number of hydrogen-bond acceptors (Lipinski definition) is 28. The molecule has 0 spiro atoms. The van der Waals surface area contributed by atoms with Gasteiger partial charge in [0.25, 0.3) is 19.6 Å². The van der Waals surface area contributed by atoms with E-state index in [1.165, 1.54) is 44.8 Å². The van der Waals surface area contributed by atoms with Gasteiger partial charge in [0.15, 0.2) is 53.1 Å². The molecule has 7 heterocycles. The predicted octanol–water partition coefficient (Wildman–Crippen LogP) is -2.00. The van der Waals surface area contributed by atoms with Crippen molar-refractivity contribution in [3.05, 3.63) is 65.6 Å². The zero-order valence-corrected chi connectivity index (χ0v) is 49.5. The lowest BCUT2D eigenvalue weighted by Gasteiger charge is -2.49. The Labute approximate surface area is 487 Å². The molecule has 0 aliphatic carbocycles. The van der Waals surface area contributed by atoms with Crippen molar-refractivity contribution in [1.82, 2.24) is 45.4 Å². The van der Waals surface area contributed by atoms with Crippen LogP contribution in [0.4, 0.5) is 10.9 Å².